The number of hydrogen-bond donors (Lipinski definition) is 1. The summed E-state index contributed by atoms with van der Waals surface area (Å²) < 4.78 is 1.65. The maximum absolute atomic E-state index is 5.52. The first-order valence-corrected chi connectivity index (χ1v) is 4.86. The van der Waals surface area contributed by atoms with Crippen molar-refractivity contribution in [1.29, 1.82) is 0 Å². The molecule has 3 aromatic heterocycles. The Morgan fingerprint density at radius 3 is 2.88 bits per heavy atom. The third-order valence-electron chi connectivity index (χ3n) is 2.31. The van der Waals surface area contributed by atoms with E-state index < -0.39 is 0 Å². The van der Waals surface area contributed by atoms with Crippen LogP contribution in [-0.4, -0.2) is 19.6 Å². The molecule has 0 radical (unpaired) electrons. The van der Waals surface area contributed by atoms with Gasteiger partial charge in [0.05, 0.1) is 5.69 Å². The Morgan fingerprint density at radius 2 is 2.06 bits per heavy atom. The minimum Gasteiger partial charge on any atom is -0.366 e. The molecule has 2 N–H and O–H groups in total. The van der Waals surface area contributed by atoms with E-state index in [0.29, 0.717) is 0 Å². The normalized spacial score (nSPS) is 10.8. The summed E-state index contributed by atoms with van der Waals surface area (Å²) in [5.74, 6) is 0.276. The molecule has 16 heavy (non-hydrogen) atoms. The second-order valence-electron chi connectivity index (χ2n) is 3.41. The number of nitrogen functional groups attached to an aromatic ring is 1. The fourth-order valence-corrected chi connectivity index (χ4v) is 1.59. The number of nitrogens with zero attached hydrogens (tertiary/aromatic N) is 4. The van der Waals surface area contributed by atoms with Gasteiger partial charge in [-0.2, -0.15) is 4.98 Å². The number of hydrogen-bond acceptors (Lipinski definition) is 4. The Morgan fingerprint density at radius 1 is 1.12 bits per heavy atom. The van der Waals surface area contributed by atoms with Crippen molar-refractivity contribution in [2.45, 2.75) is 0 Å². The van der Waals surface area contributed by atoms with Crippen molar-refractivity contribution in [2.75, 3.05) is 5.73 Å². The summed E-state index contributed by atoms with van der Waals surface area (Å²) in [7, 11) is 0. The SMILES string of the molecule is Nc1nc2ccc(-c3ccccn3)cn2n1. The van der Waals surface area contributed by atoms with Gasteiger partial charge in [-0.1, -0.05) is 6.07 Å². The lowest BCUT2D eigenvalue weighted by atomic mass is 10.2. The van der Waals surface area contributed by atoms with Gasteiger partial charge in [-0.15, -0.1) is 5.10 Å². The topological polar surface area (TPSA) is 69.1 Å². The fraction of sp³-hybridized carbons (Fsp3) is 0. The lowest BCUT2D eigenvalue weighted by Gasteiger charge is -1.99. The minimum atomic E-state index is 0.276. The molecule has 0 bridgehead atoms. The Bertz CT molecular complexity index is 629. The molecule has 0 amide bonds. The van der Waals surface area contributed by atoms with E-state index in [1.165, 1.54) is 0 Å². The van der Waals surface area contributed by atoms with Gasteiger partial charge >= 0.3 is 0 Å². The van der Waals surface area contributed by atoms with Gasteiger partial charge in [0, 0.05) is 18.0 Å². The van der Waals surface area contributed by atoms with Crippen LogP contribution < -0.4 is 5.73 Å². The van der Waals surface area contributed by atoms with Crippen LogP contribution in [0.3, 0.4) is 0 Å². The summed E-state index contributed by atoms with van der Waals surface area (Å²) >= 11 is 0. The van der Waals surface area contributed by atoms with E-state index in [4.69, 9.17) is 5.73 Å². The zero-order valence-corrected chi connectivity index (χ0v) is 8.41. The highest BCUT2D eigenvalue weighted by atomic mass is 15.3. The molecule has 5 nitrogen and oxygen atoms in total. The maximum atomic E-state index is 5.52. The molecule has 0 spiro atoms. The molecule has 0 aromatic carbocycles. The number of fused-ring (bicyclic) bond motifs is 1. The summed E-state index contributed by atoms with van der Waals surface area (Å²) in [6.45, 7) is 0. The Hall–Kier alpha value is -2.43. The lowest BCUT2D eigenvalue weighted by molar-refractivity contribution is 0.968. The highest BCUT2D eigenvalue weighted by Gasteiger charge is 2.03. The van der Waals surface area contributed by atoms with Gasteiger partial charge < -0.3 is 5.73 Å². The highest BCUT2D eigenvalue weighted by Crippen LogP contribution is 2.16. The Kier molecular flexibility index (Phi) is 1.83. The molecule has 0 fully saturated rings. The van der Waals surface area contributed by atoms with Crippen LogP contribution in [0.25, 0.3) is 16.9 Å². The molecule has 0 aliphatic heterocycles. The summed E-state index contributed by atoms with van der Waals surface area (Å²) in [6, 6.07) is 9.60. The van der Waals surface area contributed by atoms with Crippen molar-refractivity contribution in [1.82, 2.24) is 19.6 Å². The van der Waals surface area contributed by atoms with E-state index in [9.17, 15) is 0 Å². The molecule has 78 valence electrons. The first-order valence-electron chi connectivity index (χ1n) is 4.86. The van der Waals surface area contributed by atoms with E-state index in [0.717, 1.165) is 16.9 Å². The molecule has 3 aromatic rings. The van der Waals surface area contributed by atoms with Gasteiger partial charge in [-0.05, 0) is 24.3 Å². The van der Waals surface area contributed by atoms with Crippen molar-refractivity contribution >= 4 is 11.6 Å². The van der Waals surface area contributed by atoms with Crippen LogP contribution in [-0.2, 0) is 0 Å². The molecule has 0 aliphatic rings. The number of rotatable bonds is 1. The third-order valence-corrected chi connectivity index (χ3v) is 2.31. The zero-order valence-electron chi connectivity index (χ0n) is 8.41. The number of nitrogens with two attached hydrogens (primary N) is 1. The predicted octanol–water partition coefficient (Wildman–Crippen LogP) is 1.37. The predicted molar refractivity (Wildman–Crippen MR) is 60.6 cm³/mol. The average Bonchev–Trinajstić information content (AvgIpc) is 2.69. The summed E-state index contributed by atoms with van der Waals surface area (Å²) in [4.78, 5) is 8.33. The number of anilines is 1. The fourth-order valence-electron chi connectivity index (χ4n) is 1.59. The molecule has 5 heteroatoms. The van der Waals surface area contributed by atoms with Gasteiger partial charge in [-0.3, -0.25) is 4.98 Å². The van der Waals surface area contributed by atoms with Crippen LogP contribution in [0.2, 0.25) is 0 Å². The molecular weight excluding hydrogens is 202 g/mol. The molecule has 0 saturated heterocycles. The van der Waals surface area contributed by atoms with Crippen LogP contribution in [0, 0.1) is 0 Å². The lowest BCUT2D eigenvalue weighted by Crippen LogP contribution is -1.91. The van der Waals surface area contributed by atoms with Crippen molar-refractivity contribution < 1.29 is 0 Å². The molecule has 3 heterocycles. The molecule has 0 atom stereocenters. The van der Waals surface area contributed by atoms with Crippen LogP contribution in [0.15, 0.2) is 42.7 Å². The van der Waals surface area contributed by atoms with E-state index in [1.54, 1.807) is 10.7 Å². The average molecular weight is 211 g/mol. The van der Waals surface area contributed by atoms with Crippen LogP contribution >= 0.6 is 0 Å². The van der Waals surface area contributed by atoms with Gasteiger partial charge in [0.25, 0.3) is 0 Å². The molecule has 0 unspecified atom stereocenters. The van der Waals surface area contributed by atoms with Crippen LogP contribution in [0.1, 0.15) is 0 Å². The zero-order chi connectivity index (χ0) is 11.0. The Balaban J connectivity index is 2.18. The first kappa shape index (κ1) is 8.84. The van der Waals surface area contributed by atoms with E-state index in [2.05, 4.69) is 15.1 Å². The quantitative estimate of drug-likeness (QED) is 0.660. The van der Waals surface area contributed by atoms with Crippen LogP contribution in [0.4, 0.5) is 5.95 Å². The van der Waals surface area contributed by atoms with E-state index >= 15 is 0 Å². The molecule has 0 aliphatic carbocycles. The minimum absolute atomic E-state index is 0.276. The van der Waals surface area contributed by atoms with E-state index in [-0.39, 0.29) is 5.95 Å². The highest BCUT2D eigenvalue weighted by molar-refractivity contribution is 5.60. The van der Waals surface area contributed by atoms with Gasteiger partial charge in [0.1, 0.15) is 0 Å². The second kappa shape index (κ2) is 3.30. The molecule has 3 rings (SSSR count). The first-order chi connectivity index (χ1) is 7.83. The summed E-state index contributed by atoms with van der Waals surface area (Å²) in [5, 5.41) is 4.05. The van der Waals surface area contributed by atoms with Crippen LogP contribution in [0.5, 0.6) is 0 Å². The van der Waals surface area contributed by atoms with Crippen molar-refractivity contribution in [2.24, 2.45) is 0 Å². The summed E-state index contributed by atoms with van der Waals surface area (Å²) in [5.41, 5.74) is 8.14. The second-order valence-corrected chi connectivity index (χ2v) is 3.41. The third kappa shape index (κ3) is 1.38. The van der Waals surface area contributed by atoms with Gasteiger partial charge in [0.15, 0.2) is 5.65 Å². The standard InChI is InChI=1S/C11H9N5/c12-11-14-10-5-4-8(7-16(10)15-11)9-3-1-2-6-13-9/h1-7H,(H2,12,15). The van der Waals surface area contributed by atoms with Gasteiger partial charge in [0.2, 0.25) is 5.95 Å². The van der Waals surface area contributed by atoms with Crippen molar-refractivity contribution in [3.63, 3.8) is 0 Å². The maximum Gasteiger partial charge on any atom is 0.240 e. The Labute approximate surface area is 91.6 Å². The number of aromatic nitrogens is 4. The summed E-state index contributed by atoms with van der Waals surface area (Å²) in [6.07, 6.45) is 3.62. The van der Waals surface area contributed by atoms with Gasteiger partial charge in [-0.25, -0.2) is 4.52 Å². The number of pyridine rings is 2. The van der Waals surface area contributed by atoms with Crippen molar-refractivity contribution in [3.05, 3.63) is 42.7 Å². The van der Waals surface area contributed by atoms with E-state index in [1.807, 2.05) is 36.5 Å². The monoisotopic (exact) mass is 211 g/mol. The largest absolute Gasteiger partial charge is 0.366 e. The molecule has 0 saturated carbocycles. The smallest absolute Gasteiger partial charge is 0.240 e. The van der Waals surface area contributed by atoms with Crippen molar-refractivity contribution in [3.8, 4) is 11.3 Å². The molecular formula is C11H9N5.